The average Bonchev–Trinajstić information content (AvgIpc) is 2.71. The van der Waals surface area contributed by atoms with E-state index < -0.39 is 17.9 Å². The molecule has 0 bridgehead atoms. The summed E-state index contributed by atoms with van der Waals surface area (Å²) in [5.41, 5.74) is 1.74. The predicted molar refractivity (Wildman–Crippen MR) is 108 cm³/mol. The number of aromatic amines is 1. The van der Waals surface area contributed by atoms with E-state index in [-0.39, 0.29) is 18.4 Å². The Kier molecular flexibility index (Phi) is 6.77. The Morgan fingerprint density at radius 1 is 1.28 bits per heavy atom. The first-order chi connectivity index (χ1) is 14.0. The Labute approximate surface area is 171 Å². The fraction of sp³-hybridized carbons (Fsp3) is 0.238. The van der Waals surface area contributed by atoms with Crippen molar-refractivity contribution in [2.75, 3.05) is 6.26 Å². The molecule has 3 aromatic rings. The number of aryl methyl sites for hydroxylation is 1. The summed E-state index contributed by atoms with van der Waals surface area (Å²) in [6.45, 7) is 1.74. The van der Waals surface area contributed by atoms with Crippen LogP contribution in [0.3, 0.4) is 0 Å². The molecule has 6 nitrogen and oxygen atoms in total. The first kappa shape index (κ1) is 20.7. The summed E-state index contributed by atoms with van der Waals surface area (Å²) in [6, 6.07) is 11.1. The third-order valence-corrected chi connectivity index (χ3v) is 4.91. The van der Waals surface area contributed by atoms with Crippen LogP contribution in [0.4, 0.5) is 4.39 Å². The topological polar surface area (TPSA) is 84.9 Å². The molecule has 1 unspecified atom stereocenters. The van der Waals surface area contributed by atoms with E-state index in [0.717, 1.165) is 0 Å². The van der Waals surface area contributed by atoms with Gasteiger partial charge in [0.1, 0.15) is 5.82 Å². The van der Waals surface area contributed by atoms with Gasteiger partial charge in [0.2, 0.25) is 0 Å². The molecule has 0 radical (unpaired) electrons. The molecule has 3 rings (SSSR count). The minimum absolute atomic E-state index is 0.0110. The van der Waals surface area contributed by atoms with Gasteiger partial charge in [-0.25, -0.2) is 9.37 Å². The lowest BCUT2D eigenvalue weighted by Crippen LogP contribution is -2.20. The number of H-pyrrole nitrogens is 1. The third-order valence-electron chi connectivity index (χ3n) is 4.33. The maximum atomic E-state index is 13.7. The minimum atomic E-state index is -0.837. The Morgan fingerprint density at radius 2 is 2.10 bits per heavy atom. The van der Waals surface area contributed by atoms with Crippen LogP contribution in [-0.4, -0.2) is 27.2 Å². The van der Waals surface area contributed by atoms with Crippen molar-refractivity contribution >= 4 is 17.7 Å². The van der Waals surface area contributed by atoms with Crippen LogP contribution in [0.25, 0.3) is 0 Å². The van der Waals surface area contributed by atoms with E-state index in [2.05, 4.69) is 15.0 Å². The first-order valence-corrected chi connectivity index (χ1v) is 10.2. The number of esters is 1. The highest BCUT2D eigenvalue weighted by Crippen LogP contribution is 2.25. The Morgan fingerprint density at radius 3 is 2.76 bits per heavy atom. The van der Waals surface area contributed by atoms with Gasteiger partial charge in [0.25, 0.3) is 5.56 Å². The second kappa shape index (κ2) is 9.47. The maximum Gasteiger partial charge on any atom is 0.307 e. The number of rotatable bonds is 7. The Balaban J connectivity index is 1.77. The number of pyridine rings is 1. The summed E-state index contributed by atoms with van der Waals surface area (Å²) in [6.07, 6.45) is 2.74. The molecule has 150 valence electrons. The van der Waals surface area contributed by atoms with E-state index in [9.17, 15) is 14.0 Å². The molecule has 0 aliphatic heterocycles. The number of ether oxygens (including phenoxy) is 1. The SMILES string of the molecule is CSc1nc(C)c(CCC(=O)OC(c2cccc(F)c2)c2ccccn2)c(=O)[nH]1. The number of carbonyl (C=O) groups excluding carboxylic acids is 1. The highest BCUT2D eigenvalue weighted by atomic mass is 32.2. The fourth-order valence-corrected chi connectivity index (χ4v) is 3.32. The zero-order chi connectivity index (χ0) is 20.8. The van der Waals surface area contributed by atoms with Crippen LogP contribution < -0.4 is 5.56 Å². The van der Waals surface area contributed by atoms with Crippen LogP contribution >= 0.6 is 11.8 Å². The van der Waals surface area contributed by atoms with Crippen LogP contribution in [0.2, 0.25) is 0 Å². The van der Waals surface area contributed by atoms with E-state index in [1.54, 1.807) is 43.5 Å². The standard InChI is InChI=1S/C21H20FN3O3S/c1-13-16(20(27)25-21(24-13)29-2)9-10-18(26)28-19(17-8-3-4-11-23-17)14-6-5-7-15(22)12-14/h3-8,11-12,19H,9-10H2,1-2H3,(H,24,25,27). The predicted octanol–water partition coefficient (Wildman–Crippen LogP) is 3.60. The summed E-state index contributed by atoms with van der Waals surface area (Å²) < 4.78 is 19.3. The Hall–Kier alpha value is -3.00. The number of hydrogen-bond donors (Lipinski definition) is 1. The molecule has 0 aliphatic rings. The molecule has 8 heteroatoms. The molecule has 2 heterocycles. The molecule has 0 amide bonds. The second-order valence-corrected chi connectivity index (χ2v) is 7.11. The molecule has 0 fully saturated rings. The van der Waals surface area contributed by atoms with Gasteiger partial charge in [-0.05, 0) is 43.9 Å². The third kappa shape index (κ3) is 5.29. The molecule has 0 saturated heterocycles. The zero-order valence-corrected chi connectivity index (χ0v) is 16.8. The molecule has 0 spiro atoms. The number of hydrogen-bond acceptors (Lipinski definition) is 6. The lowest BCUT2D eigenvalue weighted by atomic mass is 10.1. The molecular weight excluding hydrogens is 393 g/mol. The van der Waals surface area contributed by atoms with Crippen molar-refractivity contribution in [3.63, 3.8) is 0 Å². The molecule has 1 aromatic carbocycles. The molecule has 29 heavy (non-hydrogen) atoms. The fourth-order valence-electron chi connectivity index (χ4n) is 2.89. The average molecular weight is 413 g/mol. The second-order valence-electron chi connectivity index (χ2n) is 6.32. The van der Waals surface area contributed by atoms with Gasteiger partial charge < -0.3 is 9.72 Å². The van der Waals surface area contributed by atoms with E-state index >= 15 is 0 Å². The van der Waals surface area contributed by atoms with Crippen LogP contribution in [0.5, 0.6) is 0 Å². The summed E-state index contributed by atoms with van der Waals surface area (Å²) in [5.74, 6) is -0.945. The smallest absolute Gasteiger partial charge is 0.307 e. The molecular formula is C21H20FN3O3S. The number of aromatic nitrogens is 3. The van der Waals surface area contributed by atoms with Crippen LogP contribution in [0.15, 0.2) is 58.6 Å². The first-order valence-electron chi connectivity index (χ1n) is 8.97. The highest BCUT2D eigenvalue weighted by Gasteiger charge is 2.21. The number of carbonyl (C=O) groups is 1. The summed E-state index contributed by atoms with van der Waals surface area (Å²) in [7, 11) is 0. The van der Waals surface area contributed by atoms with Crippen LogP contribution in [-0.2, 0) is 16.0 Å². The number of nitrogens with one attached hydrogen (secondary N) is 1. The van der Waals surface area contributed by atoms with Gasteiger partial charge in [-0.15, -0.1) is 0 Å². The van der Waals surface area contributed by atoms with Gasteiger partial charge in [0.15, 0.2) is 11.3 Å². The van der Waals surface area contributed by atoms with Gasteiger partial charge >= 0.3 is 5.97 Å². The molecule has 1 atom stereocenters. The van der Waals surface area contributed by atoms with Crippen LogP contribution in [0.1, 0.15) is 35.0 Å². The lowest BCUT2D eigenvalue weighted by Gasteiger charge is -2.18. The van der Waals surface area contributed by atoms with Crippen molar-refractivity contribution in [1.29, 1.82) is 0 Å². The molecule has 1 N–H and O–H groups in total. The van der Waals surface area contributed by atoms with E-state index in [4.69, 9.17) is 4.74 Å². The number of halogens is 1. The van der Waals surface area contributed by atoms with Crippen molar-refractivity contribution in [2.45, 2.75) is 31.0 Å². The van der Waals surface area contributed by atoms with Crippen molar-refractivity contribution in [3.8, 4) is 0 Å². The molecule has 0 aliphatic carbocycles. The zero-order valence-electron chi connectivity index (χ0n) is 16.0. The van der Waals surface area contributed by atoms with Crippen molar-refractivity contribution < 1.29 is 13.9 Å². The van der Waals surface area contributed by atoms with Gasteiger partial charge in [-0.2, -0.15) is 0 Å². The van der Waals surface area contributed by atoms with Gasteiger partial charge in [-0.3, -0.25) is 14.6 Å². The maximum absolute atomic E-state index is 13.7. The highest BCUT2D eigenvalue weighted by molar-refractivity contribution is 7.98. The summed E-state index contributed by atoms with van der Waals surface area (Å²) in [5, 5.41) is 0.528. The normalized spacial score (nSPS) is 11.8. The van der Waals surface area contributed by atoms with Crippen molar-refractivity contribution in [3.05, 3.63) is 87.3 Å². The Bertz CT molecular complexity index is 1060. The van der Waals surface area contributed by atoms with E-state index in [1.807, 2.05) is 6.26 Å². The van der Waals surface area contributed by atoms with Crippen molar-refractivity contribution in [1.82, 2.24) is 15.0 Å². The summed E-state index contributed by atoms with van der Waals surface area (Å²) >= 11 is 1.34. The quantitative estimate of drug-likeness (QED) is 0.362. The number of benzene rings is 1. The summed E-state index contributed by atoms with van der Waals surface area (Å²) in [4.78, 5) is 36.0. The van der Waals surface area contributed by atoms with E-state index in [0.29, 0.717) is 27.7 Å². The van der Waals surface area contributed by atoms with Gasteiger partial charge in [-0.1, -0.05) is 30.0 Å². The largest absolute Gasteiger partial charge is 0.451 e. The molecule has 0 saturated carbocycles. The molecule has 2 aromatic heterocycles. The minimum Gasteiger partial charge on any atom is -0.451 e. The van der Waals surface area contributed by atoms with Gasteiger partial charge in [0, 0.05) is 29.4 Å². The lowest BCUT2D eigenvalue weighted by molar-refractivity contribution is -0.147. The van der Waals surface area contributed by atoms with E-state index in [1.165, 1.54) is 23.9 Å². The number of nitrogens with zero attached hydrogens (tertiary/aromatic N) is 2. The number of thioether (sulfide) groups is 1. The monoisotopic (exact) mass is 413 g/mol. The van der Waals surface area contributed by atoms with Gasteiger partial charge in [0.05, 0.1) is 5.69 Å². The van der Waals surface area contributed by atoms with Crippen LogP contribution in [0, 0.1) is 12.7 Å². The van der Waals surface area contributed by atoms with Crippen molar-refractivity contribution in [2.24, 2.45) is 0 Å².